The average Bonchev–Trinajstić information content (AvgIpc) is 2.83. The van der Waals surface area contributed by atoms with Gasteiger partial charge in [-0.05, 0) is 12.8 Å². The molecule has 0 aromatic carbocycles. The van der Waals surface area contributed by atoms with Crippen molar-refractivity contribution in [3.63, 3.8) is 0 Å². The van der Waals surface area contributed by atoms with Crippen LogP contribution in [0.1, 0.15) is 41.4 Å². The summed E-state index contributed by atoms with van der Waals surface area (Å²) in [5.41, 5.74) is -0.869. The van der Waals surface area contributed by atoms with Crippen LogP contribution in [0, 0.1) is 0 Å². The van der Waals surface area contributed by atoms with E-state index in [9.17, 15) is 13.6 Å². The molecule has 0 aliphatic heterocycles. The number of nitrogens with zero attached hydrogens (tertiary/aromatic N) is 2. The van der Waals surface area contributed by atoms with E-state index in [1.54, 1.807) is 0 Å². The summed E-state index contributed by atoms with van der Waals surface area (Å²) in [5, 5.41) is 12.3. The molecule has 1 aliphatic rings. The van der Waals surface area contributed by atoms with Gasteiger partial charge in [-0.1, -0.05) is 0 Å². The van der Waals surface area contributed by atoms with Crippen molar-refractivity contribution >= 4 is 5.97 Å². The molecule has 0 amide bonds. The van der Waals surface area contributed by atoms with Crippen LogP contribution in [-0.2, 0) is 0 Å². The summed E-state index contributed by atoms with van der Waals surface area (Å²) >= 11 is 0. The number of hydrogen-bond acceptors (Lipinski definition) is 2. The van der Waals surface area contributed by atoms with Gasteiger partial charge in [0.25, 0.3) is 6.43 Å². The number of carboxylic acid groups (broad SMARTS) is 1. The van der Waals surface area contributed by atoms with Crippen LogP contribution in [0.4, 0.5) is 8.78 Å². The van der Waals surface area contributed by atoms with Crippen molar-refractivity contribution in [3.8, 4) is 0 Å². The molecular formula is C8H8F2N2O2. The molecule has 1 aromatic heterocycles. The van der Waals surface area contributed by atoms with E-state index in [4.69, 9.17) is 5.11 Å². The Kier molecular flexibility index (Phi) is 1.98. The van der Waals surface area contributed by atoms with E-state index in [1.807, 2.05) is 0 Å². The second-order valence-electron chi connectivity index (χ2n) is 3.23. The van der Waals surface area contributed by atoms with Crippen LogP contribution in [0.2, 0.25) is 0 Å². The molecular weight excluding hydrogens is 194 g/mol. The third-order valence-electron chi connectivity index (χ3n) is 2.16. The highest BCUT2D eigenvalue weighted by atomic mass is 19.3. The fraction of sp³-hybridized carbons (Fsp3) is 0.500. The zero-order chi connectivity index (χ0) is 10.3. The van der Waals surface area contributed by atoms with Gasteiger partial charge in [0.2, 0.25) is 0 Å². The minimum atomic E-state index is -2.79. The van der Waals surface area contributed by atoms with Crippen molar-refractivity contribution in [2.75, 3.05) is 0 Å². The van der Waals surface area contributed by atoms with Crippen LogP contribution < -0.4 is 0 Å². The standard InChI is InChI=1S/C8H8F2N2O2/c9-7(10)6-5(8(13)14)3-11-12(6)4-1-2-4/h3-4,7H,1-2H2,(H,13,14). The van der Waals surface area contributed by atoms with Gasteiger partial charge in [-0.3, -0.25) is 4.68 Å². The molecule has 2 rings (SSSR count). The summed E-state index contributed by atoms with van der Waals surface area (Å²) in [6.45, 7) is 0. The van der Waals surface area contributed by atoms with Gasteiger partial charge in [0.15, 0.2) is 0 Å². The van der Waals surface area contributed by atoms with Crippen molar-refractivity contribution in [1.29, 1.82) is 0 Å². The molecule has 1 N–H and O–H groups in total. The lowest BCUT2D eigenvalue weighted by atomic mass is 10.2. The summed E-state index contributed by atoms with van der Waals surface area (Å²) in [7, 11) is 0. The number of rotatable bonds is 3. The first-order valence-electron chi connectivity index (χ1n) is 4.20. The fourth-order valence-electron chi connectivity index (χ4n) is 1.36. The maximum absolute atomic E-state index is 12.5. The average molecular weight is 202 g/mol. The van der Waals surface area contributed by atoms with Gasteiger partial charge in [-0.25, -0.2) is 13.6 Å². The second-order valence-corrected chi connectivity index (χ2v) is 3.23. The number of halogens is 2. The minimum Gasteiger partial charge on any atom is -0.478 e. The Balaban J connectivity index is 2.46. The van der Waals surface area contributed by atoms with E-state index in [-0.39, 0.29) is 6.04 Å². The van der Waals surface area contributed by atoms with Gasteiger partial charge in [0, 0.05) is 0 Å². The fourth-order valence-corrected chi connectivity index (χ4v) is 1.36. The van der Waals surface area contributed by atoms with Crippen LogP contribution in [0.3, 0.4) is 0 Å². The van der Waals surface area contributed by atoms with Gasteiger partial charge in [0.1, 0.15) is 11.3 Å². The summed E-state index contributed by atoms with van der Waals surface area (Å²) in [6, 6.07) is -0.0351. The van der Waals surface area contributed by atoms with Crippen molar-refractivity contribution < 1.29 is 18.7 Å². The van der Waals surface area contributed by atoms with Gasteiger partial charge < -0.3 is 5.11 Å². The molecule has 0 saturated heterocycles. The lowest BCUT2D eigenvalue weighted by molar-refractivity contribution is 0.0682. The number of hydrogen-bond donors (Lipinski definition) is 1. The molecule has 1 heterocycles. The van der Waals surface area contributed by atoms with Crippen molar-refractivity contribution in [2.24, 2.45) is 0 Å². The summed E-state index contributed by atoms with van der Waals surface area (Å²) < 4.78 is 26.2. The number of carbonyl (C=O) groups is 1. The van der Waals surface area contributed by atoms with E-state index >= 15 is 0 Å². The predicted molar refractivity (Wildman–Crippen MR) is 42.4 cm³/mol. The molecule has 1 saturated carbocycles. The third-order valence-corrected chi connectivity index (χ3v) is 2.16. The molecule has 0 spiro atoms. The molecule has 76 valence electrons. The topological polar surface area (TPSA) is 55.1 Å². The predicted octanol–water partition coefficient (Wildman–Crippen LogP) is 1.85. The Morgan fingerprint density at radius 2 is 2.29 bits per heavy atom. The Labute approximate surface area is 78.1 Å². The molecule has 0 atom stereocenters. The summed E-state index contributed by atoms with van der Waals surface area (Å²) in [5.74, 6) is -1.35. The van der Waals surface area contributed by atoms with E-state index in [0.717, 1.165) is 23.7 Å². The molecule has 1 aliphatic carbocycles. The Hall–Kier alpha value is -1.46. The zero-order valence-electron chi connectivity index (χ0n) is 7.15. The molecule has 1 fully saturated rings. The molecule has 14 heavy (non-hydrogen) atoms. The lowest BCUT2D eigenvalue weighted by Gasteiger charge is -2.05. The van der Waals surface area contributed by atoms with Gasteiger partial charge >= 0.3 is 5.97 Å². The van der Waals surface area contributed by atoms with Crippen molar-refractivity contribution in [1.82, 2.24) is 9.78 Å². The van der Waals surface area contributed by atoms with E-state index in [0.29, 0.717) is 0 Å². The first-order valence-corrected chi connectivity index (χ1v) is 4.20. The highest BCUT2D eigenvalue weighted by Crippen LogP contribution is 2.38. The monoisotopic (exact) mass is 202 g/mol. The normalized spacial score (nSPS) is 16.2. The zero-order valence-corrected chi connectivity index (χ0v) is 7.15. The molecule has 0 bridgehead atoms. The van der Waals surface area contributed by atoms with Crippen LogP contribution in [0.25, 0.3) is 0 Å². The summed E-state index contributed by atoms with van der Waals surface area (Å²) in [4.78, 5) is 10.6. The largest absolute Gasteiger partial charge is 0.478 e. The molecule has 0 unspecified atom stereocenters. The lowest BCUT2D eigenvalue weighted by Crippen LogP contribution is -2.07. The van der Waals surface area contributed by atoms with Crippen molar-refractivity contribution in [3.05, 3.63) is 17.5 Å². The Morgan fingerprint density at radius 3 is 2.71 bits per heavy atom. The van der Waals surface area contributed by atoms with Gasteiger partial charge in [-0.2, -0.15) is 5.10 Å². The van der Waals surface area contributed by atoms with E-state index in [2.05, 4.69) is 5.10 Å². The van der Waals surface area contributed by atoms with E-state index < -0.39 is 23.7 Å². The van der Waals surface area contributed by atoms with Crippen LogP contribution in [-0.4, -0.2) is 20.9 Å². The van der Waals surface area contributed by atoms with Crippen LogP contribution >= 0.6 is 0 Å². The quantitative estimate of drug-likeness (QED) is 0.813. The first-order chi connectivity index (χ1) is 6.61. The molecule has 6 heteroatoms. The van der Waals surface area contributed by atoms with Gasteiger partial charge in [-0.15, -0.1) is 0 Å². The van der Waals surface area contributed by atoms with Crippen LogP contribution in [0.15, 0.2) is 6.20 Å². The highest BCUT2D eigenvalue weighted by molar-refractivity contribution is 5.88. The maximum Gasteiger partial charge on any atom is 0.339 e. The SMILES string of the molecule is O=C(O)c1cnn(C2CC2)c1C(F)F. The summed E-state index contributed by atoms with van der Waals surface area (Å²) in [6.07, 6.45) is -0.215. The second kappa shape index (κ2) is 3.04. The first kappa shape index (κ1) is 9.11. The van der Waals surface area contributed by atoms with E-state index in [1.165, 1.54) is 0 Å². The minimum absolute atomic E-state index is 0.0351. The molecule has 1 aromatic rings. The molecule has 4 nitrogen and oxygen atoms in total. The van der Waals surface area contributed by atoms with Crippen LogP contribution in [0.5, 0.6) is 0 Å². The number of aromatic carboxylic acids is 1. The van der Waals surface area contributed by atoms with Gasteiger partial charge in [0.05, 0.1) is 12.2 Å². The number of aromatic nitrogens is 2. The third kappa shape index (κ3) is 1.36. The highest BCUT2D eigenvalue weighted by Gasteiger charge is 2.32. The Bertz CT molecular complexity index is 371. The number of alkyl halides is 2. The smallest absolute Gasteiger partial charge is 0.339 e. The molecule has 0 radical (unpaired) electrons. The van der Waals surface area contributed by atoms with Crippen molar-refractivity contribution in [2.45, 2.75) is 25.3 Å². The number of carboxylic acids is 1. The Morgan fingerprint density at radius 1 is 1.64 bits per heavy atom. The maximum atomic E-state index is 12.5.